The summed E-state index contributed by atoms with van der Waals surface area (Å²) in [5, 5.41) is 2.90. The predicted molar refractivity (Wildman–Crippen MR) is 88.6 cm³/mol. The number of anilines is 2. The van der Waals surface area contributed by atoms with Gasteiger partial charge in [0.2, 0.25) is 5.91 Å². The van der Waals surface area contributed by atoms with E-state index in [4.69, 9.17) is 5.73 Å². The summed E-state index contributed by atoms with van der Waals surface area (Å²) in [6.07, 6.45) is 6.66. The maximum absolute atomic E-state index is 12.0. The van der Waals surface area contributed by atoms with Gasteiger partial charge in [-0.3, -0.25) is 4.79 Å². The van der Waals surface area contributed by atoms with Crippen molar-refractivity contribution in [1.29, 1.82) is 0 Å². The number of nitrogens with two attached hydrogens (primary N) is 1. The Bertz CT molecular complexity index is 438. The lowest BCUT2D eigenvalue weighted by atomic mass is 10.1. The van der Waals surface area contributed by atoms with Crippen molar-refractivity contribution in [2.24, 2.45) is 5.73 Å². The van der Waals surface area contributed by atoms with Crippen molar-refractivity contribution < 1.29 is 4.79 Å². The Morgan fingerprint density at radius 2 is 1.90 bits per heavy atom. The molecule has 1 aliphatic rings. The summed E-state index contributed by atoms with van der Waals surface area (Å²) < 4.78 is 0. The van der Waals surface area contributed by atoms with E-state index in [1.165, 1.54) is 24.9 Å². The van der Waals surface area contributed by atoms with Gasteiger partial charge in [0, 0.05) is 24.5 Å². The van der Waals surface area contributed by atoms with Crippen LogP contribution in [-0.4, -0.2) is 25.0 Å². The van der Waals surface area contributed by atoms with E-state index in [1.54, 1.807) is 0 Å². The average Bonchev–Trinajstić information content (AvgIpc) is 2.54. The van der Waals surface area contributed by atoms with Crippen LogP contribution in [0, 0.1) is 0 Å². The molecule has 1 fully saturated rings. The van der Waals surface area contributed by atoms with Crippen molar-refractivity contribution in [3.05, 3.63) is 24.3 Å². The standard InChI is InChI=1S/C17H27N3O/c1-2-3-7-16(18)17(21)19-14-8-10-15(11-9-14)20-12-5-4-6-13-20/h8-11,16H,2-7,12-13,18H2,1H3,(H,19,21)/t16-/m0/s1. The number of piperidine rings is 1. The summed E-state index contributed by atoms with van der Waals surface area (Å²) in [6.45, 7) is 4.37. The van der Waals surface area contributed by atoms with E-state index in [1.807, 2.05) is 12.1 Å². The normalized spacial score (nSPS) is 16.6. The third-order valence-electron chi connectivity index (χ3n) is 4.06. The number of hydrogen-bond donors (Lipinski definition) is 2. The van der Waals surface area contributed by atoms with E-state index >= 15 is 0 Å². The molecule has 0 aromatic heterocycles. The largest absolute Gasteiger partial charge is 0.372 e. The molecular weight excluding hydrogens is 262 g/mol. The first kappa shape index (κ1) is 15.8. The molecule has 4 heteroatoms. The average molecular weight is 289 g/mol. The van der Waals surface area contributed by atoms with Gasteiger partial charge in [-0.25, -0.2) is 0 Å². The molecule has 0 unspecified atom stereocenters. The van der Waals surface area contributed by atoms with Gasteiger partial charge in [-0.05, 0) is 49.9 Å². The lowest BCUT2D eigenvalue weighted by Crippen LogP contribution is -2.35. The number of hydrogen-bond acceptors (Lipinski definition) is 3. The molecule has 2 rings (SSSR count). The Balaban J connectivity index is 1.88. The van der Waals surface area contributed by atoms with Crippen molar-refractivity contribution >= 4 is 17.3 Å². The molecule has 0 spiro atoms. The number of nitrogens with one attached hydrogen (secondary N) is 1. The molecule has 21 heavy (non-hydrogen) atoms. The summed E-state index contributed by atoms with van der Waals surface area (Å²) >= 11 is 0. The van der Waals surface area contributed by atoms with Gasteiger partial charge < -0.3 is 16.0 Å². The maximum Gasteiger partial charge on any atom is 0.241 e. The number of unbranched alkanes of at least 4 members (excludes halogenated alkanes) is 1. The first-order valence-corrected chi connectivity index (χ1v) is 8.12. The molecular formula is C17H27N3O. The molecule has 1 heterocycles. The Morgan fingerprint density at radius 1 is 1.24 bits per heavy atom. The molecule has 1 atom stereocenters. The van der Waals surface area contributed by atoms with Crippen molar-refractivity contribution in [1.82, 2.24) is 0 Å². The summed E-state index contributed by atoms with van der Waals surface area (Å²) in [7, 11) is 0. The molecule has 0 saturated carbocycles. The second-order valence-corrected chi connectivity index (χ2v) is 5.83. The lowest BCUT2D eigenvalue weighted by Gasteiger charge is -2.28. The van der Waals surface area contributed by atoms with Crippen LogP contribution in [0.4, 0.5) is 11.4 Å². The monoisotopic (exact) mass is 289 g/mol. The summed E-state index contributed by atoms with van der Waals surface area (Å²) in [4.78, 5) is 14.4. The van der Waals surface area contributed by atoms with E-state index in [2.05, 4.69) is 29.3 Å². The van der Waals surface area contributed by atoms with Crippen LogP contribution < -0.4 is 16.0 Å². The molecule has 0 bridgehead atoms. The van der Waals surface area contributed by atoms with Gasteiger partial charge in [0.05, 0.1) is 6.04 Å². The number of rotatable bonds is 6. The highest BCUT2D eigenvalue weighted by atomic mass is 16.2. The first-order valence-electron chi connectivity index (χ1n) is 8.12. The highest BCUT2D eigenvalue weighted by molar-refractivity contribution is 5.94. The fourth-order valence-electron chi connectivity index (χ4n) is 2.70. The van der Waals surface area contributed by atoms with Crippen LogP contribution in [0.1, 0.15) is 45.4 Å². The topological polar surface area (TPSA) is 58.4 Å². The second-order valence-electron chi connectivity index (χ2n) is 5.83. The highest BCUT2D eigenvalue weighted by Gasteiger charge is 2.14. The molecule has 1 aliphatic heterocycles. The van der Waals surface area contributed by atoms with E-state index in [9.17, 15) is 4.79 Å². The van der Waals surface area contributed by atoms with Crippen LogP contribution in [0.2, 0.25) is 0 Å². The van der Waals surface area contributed by atoms with Crippen LogP contribution in [0.3, 0.4) is 0 Å². The minimum Gasteiger partial charge on any atom is -0.372 e. The number of carbonyl (C=O) groups excluding carboxylic acids is 1. The Morgan fingerprint density at radius 3 is 2.52 bits per heavy atom. The zero-order chi connectivity index (χ0) is 15.1. The number of nitrogens with zero attached hydrogens (tertiary/aromatic N) is 1. The molecule has 4 nitrogen and oxygen atoms in total. The third-order valence-corrected chi connectivity index (χ3v) is 4.06. The van der Waals surface area contributed by atoms with Gasteiger partial charge in [-0.15, -0.1) is 0 Å². The first-order chi connectivity index (χ1) is 10.2. The predicted octanol–water partition coefficient (Wildman–Crippen LogP) is 3.13. The third kappa shape index (κ3) is 4.74. The zero-order valence-electron chi connectivity index (χ0n) is 13.0. The van der Waals surface area contributed by atoms with Gasteiger partial charge in [0.15, 0.2) is 0 Å². The molecule has 116 valence electrons. The molecule has 0 aliphatic carbocycles. The zero-order valence-corrected chi connectivity index (χ0v) is 13.0. The van der Waals surface area contributed by atoms with E-state index in [0.29, 0.717) is 0 Å². The minimum absolute atomic E-state index is 0.0887. The summed E-state index contributed by atoms with van der Waals surface area (Å²) in [5.74, 6) is -0.0887. The van der Waals surface area contributed by atoms with Crippen LogP contribution in [0.5, 0.6) is 0 Å². The summed E-state index contributed by atoms with van der Waals surface area (Å²) in [5.41, 5.74) is 7.94. The maximum atomic E-state index is 12.0. The van der Waals surface area contributed by atoms with Gasteiger partial charge in [0.1, 0.15) is 0 Å². The second kappa shape index (κ2) is 8.03. The number of amides is 1. The molecule has 1 aromatic rings. The Hall–Kier alpha value is -1.55. The Labute approximate surface area is 127 Å². The van der Waals surface area contributed by atoms with Crippen LogP contribution in [-0.2, 0) is 4.79 Å². The molecule has 0 radical (unpaired) electrons. The van der Waals surface area contributed by atoms with Crippen LogP contribution >= 0.6 is 0 Å². The van der Waals surface area contributed by atoms with Crippen molar-refractivity contribution in [3.63, 3.8) is 0 Å². The SMILES string of the molecule is CCCC[C@H](N)C(=O)Nc1ccc(N2CCCCC2)cc1. The number of benzene rings is 1. The van der Waals surface area contributed by atoms with Gasteiger partial charge in [0.25, 0.3) is 0 Å². The van der Waals surface area contributed by atoms with Gasteiger partial charge >= 0.3 is 0 Å². The van der Waals surface area contributed by atoms with E-state index in [-0.39, 0.29) is 5.91 Å². The quantitative estimate of drug-likeness (QED) is 0.846. The minimum atomic E-state index is -0.410. The highest BCUT2D eigenvalue weighted by Crippen LogP contribution is 2.21. The number of carbonyl (C=O) groups is 1. The molecule has 1 aromatic carbocycles. The smallest absolute Gasteiger partial charge is 0.241 e. The molecule has 1 saturated heterocycles. The van der Waals surface area contributed by atoms with E-state index in [0.717, 1.165) is 38.0 Å². The van der Waals surface area contributed by atoms with Crippen LogP contribution in [0.25, 0.3) is 0 Å². The fraction of sp³-hybridized carbons (Fsp3) is 0.588. The molecule has 3 N–H and O–H groups in total. The van der Waals surface area contributed by atoms with Crippen molar-refractivity contribution in [2.75, 3.05) is 23.3 Å². The van der Waals surface area contributed by atoms with Gasteiger partial charge in [-0.2, -0.15) is 0 Å². The Kier molecular flexibility index (Phi) is 6.05. The lowest BCUT2D eigenvalue weighted by molar-refractivity contribution is -0.117. The van der Waals surface area contributed by atoms with Crippen molar-refractivity contribution in [3.8, 4) is 0 Å². The fourth-order valence-corrected chi connectivity index (χ4v) is 2.70. The van der Waals surface area contributed by atoms with Crippen LogP contribution in [0.15, 0.2) is 24.3 Å². The van der Waals surface area contributed by atoms with Crippen molar-refractivity contribution in [2.45, 2.75) is 51.5 Å². The van der Waals surface area contributed by atoms with E-state index < -0.39 is 6.04 Å². The molecule has 1 amide bonds. The summed E-state index contributed by atoms with van der Waals surface area (Å²) in [6, 6.07) is 7.69. The van der Waals surface area contributed by atoms with Gasteiger partial charge in [-0.1, -0.05) is 19.8 Å².